The van der Waals surface area contributed by atoms with Gasteiger partial charge in [-0.05, 0) is 39.5 Å². The van der Waals surface area contributed by atoms with Crippen LogP contribution < -0.4 is 5.32 Å². The summed E-state index contributed by atoms with van der Waals surface area (Å²) in [5.41, 5.74) is 0. The van der Waals surface area contributed by atoms with Gasteiger partial charge >= 0.3 is 0 Å². The smallest absolute Gasteiger partial charge is 0.0675 e. The first-order valence-corrected chi connectivity index (χ1v) is 6.84. The van der Waals surface area contributed by atoms with E-state index in [9.17, 15) is 0 Å². The van der Waals surface area contributed by atoms with Gasteiger partial charge in [-0.25, -0.2) is 0 Å². The predicted octanol–water partition coefficient (Wildman–Crippen LogP) is 3.60. The molecule has 0 aliphatic heterocycles. The minimum absolute atomic E-state index is 0.313. The zero-order chi connectivity index (χ0) is 12.6. The highest BCUT2D eigenvalue weighted by Gasteiger charge is 2.11. The summed E-state index contributed by atoms with van der Waals surface area (Å²) in [6, 6.07) is 0.608. The molecule has 0 radical (unpaired) electrons. The first-order chi connectivity index (χ1) is 7.45. The van der Waals surface area contributed by atoms with Crippen LogP contribution in [-0.2, 0) is 4.74 Å². The Hall–Kier alpha value is -0.0800. The van der Waals surface area contributed by atoms with E-state index in [0.717, 1.165) is 13.0 Å². The van der Waals surface area contributed by atoms with Gasteiger partial charge in [0, 0.05) is 12.6 Å². The summed E-state index contributed by atoms with van der Waals surface area (Å²) in [5, 5.41) is 3.52. The fourth-order valence-electron chi connectivity index (χ4n) is 2.07. The molecule has 3 unspecified atom stereocenters. The minimum atomic E-state index is 0.313. The Bertz CT molecular complexity index is 159. The maximum Gasteiger partial charge on any atom is 0.0675 e. The quantitative estimate of drug-likeness (QED) is 0.652. The van der Waals surface area contributed by atoms with Crippen LogP contribution in [0.5, 0.6) is 0 Å². The van der Waals surface area contributed by atoms with Gasteiger partial charge in [0.25, 0.3) is 0 Å². The van der Waals surface area contributed by atoms with E-state index in [1.165, 1.54) is 12.8 Å². The molecule has 0 saturated carbocycles. The average molecular weight is 229 g/mol. The molecule has 2 nitrogen and oxygen atoms in total. The summed E-state index contributed by atoms with van der Waals surface area (Å²) in [4.78, 5) is 0. The number of hydrogen-bond acceptors (Lipinski definition) is 2. The van der Waals surface area contributed by atoms with Gasteiger partial charge in [0.05, 0.1) is 12.2 Å². The van der Waals surface area contributed by atoms with Crippen LogP contribution in [0.1, 0.15) is 60.8 Å². The topological polar surface area (TPSA) is 21.3 Å². The van der Waals surface area contributed by atoms with Crippen molar-refractivity contribution in [3.05, 3.63) is 0 Å². The van der Waals surface area contributed by atoms with Crippen LogP contribution in [0, 0.1) is 5.92 Å². The second-order valence-corrected chi connectivity index (χ2v) is 5.48. The first-order valence-electron chi connectivity index (χ1n) is 6.84. The SMILES string of the molecule is CCCC(C)NCC(C)OC(C)CC(C)C. The van der Waals surface area contributed by atoms with Crippen molar-refractivity contribution in [2.75, 3.05) is 6.54 Å². The van der Waals surface area contributed by atoms with Crippen LogP contribution >= 0.6 is 0 Å². The third kappa shape index (κ3) is 9.17. The molecular formula is C14H31NO. The van der Waals surface area contributed by atoms with Gasteiger partial charge in [0.15, 0.2) is 0 Å². The van der Waals surface area contributed by atoms with Crippen LogP contribution in [0.3, 0.4) is 0 Å². The van der Waals surface area contributed by atoms with Crippen LogP contribution in [0.4, 0.5) is 0 Å². The lowest BCUT2D eigenvalue weighted by molar-refractivity contribution is -0.00214. The van der Waals surface area contributed by atoms with Gasteiger partial charge in [-0.2, -0.15) is 0 Å². The van der Waals surface area contributed by atoms with E-state index in [1.54, 1.807) is 0 Å². The van der Waals surface area contributed by atoms with Gasteiger partial charge in [-0.3, -0.25) is 0 Å². The normalized spacial score (nSPS) is 17.4. The summed E-state index contributed by atoms with van der Waals surface area (Å²) in [6.45, 7) is 14.2. The summed E-state index contributed by atoms with van der Waals surface area (Å²) in [6.07, 6.45) is 4.32. The lowest BCUT2D eigenvalue weighted by atomic mass is 10.1. The molecule has 0 fully saturated rings. The van der Waals surface area contributed by atoms with E-state index in [-0.39, 0.29) is 0 Å². The molecular weight excluding hydrogens is 198 g/mol. The molecule has 0 spiro atoms. The van der Waals surface area contributed by atoms with Crippen LogP contribution in [0.2, 0.25) is 0 Å². The Labute approximate surface area is 102 Å². The number of ether oxygens (including phenoxy) is 1. The zero-order valence-electron chi connectivity index (χ0n) is 12.0. The Morgan fingerprint density at radius 1 is 1.00 bits per heavy atom. The molecule has 0 rings (SSSR count). The standard InChI is InChI=1S/C14H31NO/c1-7-8-12(4)15-10-14(6)16-13(5)9-11(2)3/h11-15H,7-10H2,1-6H3. The summed E-state index contributed by atoms with van der Waals surface area (Å²) >= 11 is 0. The van der Waals surface area contributed by atoms with Crippen molar-refractivity contribution in [2.45, 2.75) is 79.1 Å². The van der Waals surface area contributed by atoms with E-state index in [0.29, 0.717) is 24.2 Å². The second kappa shape index (κ2) is 9.00. The maximum absolute atomic E-state index is 5.93. The number of nitrogens with one attached hydrogen (secondary N) is 1. The number of hydrogen-bond donors (Lipinski definition) is 1. The largest absolute Gasteiger partial charge is 0.374 e. The lowest BCUT2D eigenvalue weighted by Gasteiger charge is -2.22. The molecule has 0 bridgehead atoms. The van der Waals surface area contributed by atoms with E-state index < -0.39 is 0 Å². The summed E-state index contributed by atoms with van der Waals surface area (Å²) in [5.74, 6) is 0.717. The minimum Gasteiger partial charge on any atom is -0.374 e. The molecule has 16 heavy (non-hydrogen) atoms. The predicted molar refractivity (Wildman–Crippen MR) is 71.8 cm³/mol. The van der Waals surface area contributed by atoms with Crippen molar-refractivity contribution in [3.8, 4) is 0 Å². The molecule has 0 aliphatic rings. The van der Waals surface area contributed by atoms with Crippen molar-refractivity contribution >= 4 is 0 Å². The summed E-state index contributed by atoms with van der Waals surface area (Å²) in [7, 11) is 0. The maximum atomic E-state index is 5.93. The van der Waals surface area contributed by atoms with Gasteiger partial charge in [0.2, 0.25) is 0 Å². The Morgan fingerprint density at radius 2 is 1.62 bits per heavy atom. The third-order valence-electron chi connectivity index (χ3n) is 2.74. The molecule has 98 valence electrons. The second-order valence-electron chi connectivity index (χ2n) is 5.48. The Morgan fingerprint density at radius 3 is 2.12 bits per heavy atom. The van der Waals surface area contributed by atoms with Crippen molar-refractivity contribution < 1.29 is 4.74 Å². The van der Waals surface area contributed by atoms with Crippen LogP contribution in [-0.4, -0.2) is 24.8 Å². The van der Waals surface area contributed by atoms with Crippen LogP contribution in [0.15, 0.2) is 0 Å². The van der Waals surface area contributed by atoms with Crippen molar-refractivity contribution in [3.63, 3.8) is 0 Å². The van der Waals surface area contributed by atoms with E-state index in [1.807, 2.05) is 0 Å². The first kappa shape index (κ1) is 15.9. The van der Waals surface area contributed by atoms with Crippen LogP contribution in [0.25, 0.3) is 0 Å². The fraction of sp³-hybridized carbons (Fsp3) is 1.00. The molecule has 0 aromatic rings. The zero-order valence-corrected chi connectivity index (χ0v) is 12.0. The van der Waals surface area contributed by atoms with E-state index >= 15 is 0 Å². The molecule has 0 saturated heterocycles. The average Bonchev–Trinajstić information content (AvgIpc) is 2.13. The third-order valence-corrected chi connectivity index (χ3v) is 2.74. The fourth-order valence-corrected chi connectivity index (χ4v) is 2.07. The molecule has 0 aromatic carbocycles. The lowest BCUT2D eigenvalue weighted by Crippen LogP contribution is -2.35. The Kier molecular flexibility index (Phi) is 8.96. The highest BCUT2D eigenvalue weighted by molar-refractivity contribution is 4.65. The molecule has 2 heteroatoms. The highest BCUT2D eigenvalue weighted by atomic mass is 16.5. The molecule has 0 aromatic heterocycles. The van der Waals surface area contributed by atoms with E-state index in [4.69, 9.17) is 4.74 Å². The molecule has 0 amide bonds. The van der Waals surface area contributed by atoms with Crippen molar-refractivity contribution in [2.24, 2.45) is 5.92 Å². The van der Waals surface area contributed by atoms with Crippen molar-refractivity contribution in [1.29, 1.82) is 0 Å². The molecule has 0 aliphatic carbocycles. The summed E-state index contributed by atoms with van der Waals surface area (Å²) < 4.78 is 5.93. The van der Waals surface area contributed by atoms with Gasteiger partial charge in [-0.15, -0.1) is 0 Å². The van der Waals surface area contributed by atoms with E-state index in [2.05, 4.69) is 46.9 Å². The number of rotatable bonds is 9. The van der Waals surface area contributed by atoms with Crippen molar-refractivity contribution in [1.82, 2.24) is 5.32 Å². The monoisotopic (exact) mass is 229 g/mol. The molecule has 1 N–H and O–H groups in total. The van der Waals surface area contributed by atoms with Gasteiger partial charge in [0.1, 0.15) is 0 Å². The molecule has 3 atom stereocenters. The molecule has 0 heterocycles. The van der Waals surface area contributed by atoms with Gasteiger partial charge in [-0.1, -0.05) is 27.2 Å². The highest BCUT2D eigenvalue weighted by Crippen LogP contribution is 2.09. The Balaban J connectivity index is 3.60. The van der Waals surface area contributed by atoms with Gasteiger partial charge < -0.3 is 10.1 Å².